The molecule has 0 aliphatic heterocycles. The Labute approximate surface area is 98.5 Å². The average Bonchev–Trinajstić information content (AvgIpc) is 2.29. The molecular weight excluding hydrogens is 261 g/mol. The standard InChI is InChI=1S/C10H8F5NO2/c1-3(2)18-10(17)16-9-7(14)5(12)4(11)6(13)8(9)15/h3H,1-2H3,(H,16,17). The zero-order valence-electron chi connectivity index (χ0n) is 9.28. The summed E-state index contributed by atoms with van der Waals surface area (Å²) < 4.78 is 68.9. The number of hydrogen-bond donors (Lipinski definition) is 1. The summed E-state index contributed by atoms with van der Waals surface area (Å²) in [5.41, 5.74) is -1.45. The van der Waals surface area contributed by atoms with E-state index in [1.165, 1.54) is 19.2 Å². The molecule has 1 aromatic carbocycles. The highest BCUT2D eigenvalue weighted by Gasteiger charge is 2.27. The summed E-state index contributed by atoms with van der Waals surface area (Å²) in [6.07, 6.45) is -1.94. The highest BCUT2D eigenvalue weighted by atomic mass is 19.2. The number of carbonyl (C=O) groups excluding carboxylic acids is 1. The van der Waals surface area contributed by atoms with Gasteiger partial charge in [0.05, 0.1) is 6.10 Å². The minimum atomic E-state index is -2.30. The minimum Gasteiger partial charge on any atom is -0.447 e. The molecule has 0 saturated heterocycles. The van der Waals surface area contributed by atoms with Crippen molar-refractivity contribution in [3.05, 3.63) is 29.1 Å². The Morgan fingerprint density at radius 1 is 0.944 bits per heavy atom. The van der Waals surface area contributed by atoms with Crippen molar-refractivity contribution in [2.75, 3.05) is 5.32 Å². The molecule has 0 saturated carbocycles. The lowest BCUT2D eigenvalue weighted by Gasteiger charge is -2.11. The van der Waals surface area contributed by atoms with Crippen molar-refractivity contribution in [3.63, 3.8) is 0 Å². The average molecular weight is 269 g/mol. The Kier molecular flexibility index (Phi) is 4.10. The molecule has 1 rings (SSSR count). The van der Waals surface area contributed by atoms with E-state index in [4.69, 9.17) is 0 Å². The largest absolute Gasteiger partial charge is 0.447 e. The summed E-state index contributed by atoms with van der Waals surface area (Å²) in [5, 5.41) is 1.46. The third kappa shape index (κ3) is 2.69. The fourth-order valence-electron chi connectivity index (χ4n) is 1.06. The third-order valence-corrected chi connectivity index (χ3v) is 1.78. The highest BCUT2D eigenvalue weighted by Crippen LogP contribution is 2.27. The number of halogens is 5. The number of rotatable bonds is 2. The Hall–Kier alpha value is -1.86. The summed E-state index contributed by atoms with van der Waals surface area (Å²) in [5.74, 6) is -10.9. The van der Waals surface area contributed by atoms with Gasteiger partial charge in [-0.1, -0.05) is 0 Å². The molecule has 18 heavy (non-hydrogen) atoms. The second-order valence-corrected chi connectivity index (χ2v) is 3.52. The van der Waals surface area contributed by atoms with Crippen LogP contribution in [0.5, 0.6) is 0 Å². The molecule has 0 spiro atoms. The van der Waals surface area contributed by atoms with Gasteiger partial charge in [-0.3, -0.25) is 5.32 Å². The Balaban J connectivity index is 3.14. The first-order valence-corrected chi connectivity index (χ1v) is 4.74. The van der Waals surface area contributed by atoms with Gasteiger partial charge in [-0.25, -0.2) is 26.7 Å². The number of carbonyl (C=O) groups is 1. The summed E-state index contributed by atoms with van der Waals surface area (Å²) in [4.78, 5) is 11.0. The maximum Gasteiger partial charge on any atom is 0.412 e. The maximum atomic E-state index is 13.1. The first-order valence-electron chi connectivity index (χ1n) is 4.74. The molecule has 0 aliphatic rings. The molecule has 0 aliphatic carbocycles. The molecule has 0 aromatic heterocycles. The van der Waals surface area contributed by atoms with Gasteiger partial charge in [0.1, 0.15) is 5.69 Å². The predicted molar refractivity (Wildman–Crippen MR) is 51.5 cm³/mol. The van der Waals surface area contributed by atoms with E-state index in [0.717, 1.165) is 0 Å². The lowest BCUT2D eigenvalue weighted by molar-refractivity contribution is 0.129. The van der Waals surface area contributed by atoms with Crippen molar-refractivity contribution in [2.24, 2.45) is 0 Å². The van der Waals surface area contributed by atoms with E-state index in [2.05, 4.69) is 4.74 Å². The van der Waals surface area contributed by atoms with E-state index in [9.17, 15) is 26.7 Å². The monoisotopic (exact) mass is 269 g/mol. The number of benzene rings is 1. The van der Waals surface area contributed by atoms with E-state index in [1.54, 1.807) is 0 Å². The first-order chi connectivity index (χ1) is 8.25. The van der Waals surface area contributed by atoms with Crippen molar-refractivity contribution in [1.82, 2.24) is 0 Å². The van der Waals surface area contributed by atoms with Crippen LogP contribution in [-0.4, -0.2) is 12.2 Å². The van der Waals surface area contributed by atoms with Crippen molar-refractivity contribution in [2.45, 2.75) is 20.0 Å². The van der Waals surface area contributed by atoms with Gasteiger partial charge in [0.25, 0.3) is 0 Å². The van der Waals surface area contributed by atoms with Gasteiger partial charge in [0, 0.05) is 0 Å². The molecule has 0 heterocycles. The zero-order chi connectivity index (χ0) is 14.0. The van der Waals surface area contributed by atoms with Gasteiger partial charge in [-0.05, 0) is 13.8 Å². The second kappa shape index (κ2) is 5.19. The molecule has 1 amide bonds. The van der Waals surface area contributed by atoms with Crippen molar-refractivity contribution >= 4 is 11.8 Å². The fourth-order valence-corrected chi connectivity index (χ4v) is 1.06. The third-order valence-electron chi connectivity index (χ3n) is 1.78. The minimum absolute atomic E-state index is 0.619. The molecule has 3 nitrogen and oxygen atoms in total. The zero-order valence-corrected chi connectivity index (χ0v) is 9.28. The molecule has 0 bridgehead atoms. The molecule has 0 atom stereocenters. The Morgan fingerprint density at radius 2 is 1.33 bits per heavy atom. The van der Waals surface area contributed by atoms with Crippen LogP contribution >= 0.6 is 0 Å². The quantitative estimate of drug-likeness (QED) is 0.508. The summed E-state index contributed by atoms with van der Waals surface area (Å²) >= 11 is 0. The number of amides is 1. The topological polar surface area (TPSA) is 38.3 Å². The first kappa shape index (κ1) is 14.2. The molecule has 1 aromatic rings. The highest BCUT2D eigenvalue weighted by molar-refractivity contribution is 5.85. The van der Waals surface area contributed by atoms with E-state index >= 15 is 0 Å². The van der Waals surface area contributed by atoms with Crippen molar-refractivity contribution < 1.29 is 31.5 Å². The smallest absolute Gasteiger partial charge is 0.412 e. The summed E-state index contributed by atoms with van der Waals surface area (Å²) in [6.45, 7) is 2.89. The van der Waals surface area contributed by atoms with Crippen LogP contribution in [-0.2, 0) is 4.74 Å². The van der Waals surface area contributed by atoms with Crippen molar-refractivity contribution in [3.8, 4) is 0 Å². The van der Waals surface area contributed by atoms with Gasteiger partial charge < -0.3 is 4.74 Å². The number of ether oxygens (including phenoxy) is 1. The van der Waals surface area contributed by atoms with E-state index < -0.39 is 47.0 Å². The van der Waals surface area contributed by atoms with Gasteiger partial charge in [-0.2, -0.15) is 0 Å². The fraction of sp³-hybridized carbons (Fsp3) is 0.300. The van der Waals surface area contributed by atoms with Crippen molar-refractivity contribution in [1.29, 1.82) is 0 Å². The molecule has 0 radical (unpaired) electrons. The predicted octanol–water partition coefficient (Wildman–Crippen LogP) is 3.34. The molecule has 1 N–H and O–H groups in total. The molecule has 100 valence electrons. The number of anilines is 1. The van der Waals surface area contributed by atoms with Gasteiger partial charge >= 0.3 is 6.09 Å². The van der Waals surface area contributed by atoms with Crippen LogP contribution in [0.25, 0.3) is 0 Å². The molecule has 0 unspecified atom stereocenters. The Bertz CT molecular complexity index is 461. The normalized spacial score (nSPS) is 10.7. The van der Waals surface area contributed by atoms with Gasteiger partial charge in [-0.15, -0.1) is 0 Å². The summed E-state index contributed by atoms with van der Waals surface area (Å²) in [6, 6.07) is 0. The number of nitrogens with one attached hydrogen (secondary N) is 1. The van der Waals surface area contributed by atoms with Crippen LogP contribution in [0.2, 0.25) is 0 Å². The van der Waals surface area contributed by atoms with Crippen LogP contribution in [0.4, 0.5) is 32.4 Å². The SMILES string of the molecule is CC(C)OC(=O)Nc1c(F)c(F)c(F)c(F)c1F. The second-order valence-electron chi connectivity index (χ2n) is 3.52. The van der Waals surface area contributed by atoms with Gasteiger partial charge in [0.15, 0.2) is 23.3 Å². The van der Waals surface area contributed by atoms with E-state index in [0.29, 0.717) is 0 Å². The van der Waals surface area contributed by atoms with Crippen LogP contribution in [0, 0.1) is 29.1 Å². The van der Waals surface area contributed by atoms with Crippen LogP contribution in [0.15, 0.2) is 0 Å². The van der Waals surface area contributed by atoms with E-state index in [-0.39, 0.29) is 0 Å². The number of hydrogen-bond acceptors (Lipinski definition) is 2. The maximum absolute atomic E-state index is 13.1. The molecular formula is C10H8F5NO2. The van der Waals surface area contributed by atoms with Crippen LogP contribution in [0.3, 0.4) is 0 Å². The summed E-state index contributed by atoms with van der Waals surface area (Å²) in [7, 11) is 0. The molecule has 8 heteroatoms. The van der Waals surface area contributed by atoms with E-state index in [1.807, 2.05) is 0 Å². The lowest BCUT2D eigenvalue weighted by atomic mass is 10.2. The molecule has 0 fully saturated rings. The van der Waals surface area contributed by atoms with Gasteiger partial charge in [0.2, 0.25) is 5.82 Å². The lowest BCUT2D eigenvalue weighted by Crippen LogP contribution is -2.20. The van der Waals surface area contributed by atoms with Crippen LogP contribution < -0.4 is 5.32 Å². The van der Waals surface area contributed by atoms with Crippen LogP contribution in [0.1, 0.15) is 13.8 Å². The Morgan fingerprint density at radius 3 is 1.72 bits per heavy atom.